The van der Waals surface area contributed by atoms with Crippen molar-refractivity contribution in [1.82, 2.24) is 15.2 Å². The van der Waals surface area contributed by atoms with Crippen LogP contribution in [0.4, 0.5) is 17.5 Å². The van der Waals surface area contributed by atoms with Gasteiger partial charge in [0, 0.05) is 12.6 Å². The number of para-hydroxylation sites is 1. The summed E-state index contributed by atoms with van der Waals surface area (Å²) in [5.41, 5.74) is 1.26. The molecule has 0 amide bonds. The smallest absolute Gasteiger partial charge is 0.249 e. The average Bonchev–Trinajstić information content (AvgIpc) is 2.62. The standard InChI is InChI=1S/C17H20N6/c1-2-14-8-5-6-10-23(14)16-12-19-22-17(21-16)20-15-9-4-3-7-13(15)11-18/h3-4,7,9,12,14H,2,5-6,8,10H2,1H3,(H,20,21,22). The first-order valence-corrected chi connectivity index (χ1v) is 8.04. The number of nitrogens with zero attached hydrogens (tertiary/aromatic N) is 5. The van der Waals surface area contributed by atoms with Gasteiger partial charge in [-0.2, -0.15) is 15.3 Å². The Kier molecular flexibility index (Phi) is 4.67. The molecule has 0 aliphatic carbocycles. The van der Waals surface area contributed by atoms with Crippen molar-refractivity contribution in [3.8, 4) is 6.07 Å². The van der Waals surface area contributed by atoms with Crippen molar-refractivity contribution >= 4 is 17.5 Å². The molecule has 1 aliphatic heterocycles. The van der Waals surface area contributed by atoms with E-state index in [-0.39, 0.29) is 0 Å². The number of hydrogen-bond donors (Lipinski definition) is 1. The van der Waals surface area contributed by atoms with Gasteiger partial charge < -0.3 is 10.2 Å². The van der Waals surface area contributed by atoms with Crippen LogP contribution in [0, 0.1) is 11.3 Å². The van der Waals surface area contributed by atoms with Crippen LogP contribution in [0.15, 0.2) is 30.5 Å². The molecule has 1 aromatic heterocycles. The molecule has 6 nitrogen and oxygen atoms in total. The topological polar surface area (TPSA) is 77.7 Å². The van der Waals surface area contributed by atoms with Crippen molar-refractivity contribution in [2.24, 2.45) is 0 Å². The quantitative estimate of drug-likeness (QED) is 0.934. The summed E-state index contributed by atoms with van der Waals surface area (Å²) in [6, 6.07) is 9.98. The summed E-state index contributed by atoms with van der Waals surface area (Å²) in [6.45, 7) is 3.21. The van der Waals surface area contributed by atoms with E-state index < -0.39 is 0 Å². The maximum Gasteiger partial charge on any atom is 0.249 e. The SMILES string of the molecule is CCC1CCCCN1c1cnnc(Nc2ccccc2C#N)n1. The van der Waals surface area contributed by atoms with Crippen LogP contribution in [0.5, 0.6) is 0 Å². The molecule has 2 aromatic rings. The predicted octanol–water partition coefficient (Wildman–Crippen LogP) is 3.26. The Bertz CT molecular complexity index is 708. The van der Waals surface area contributed by atoms with E-state index in [0.29, 0.717) is 23.2 Å². The highest BCUT2D eigenvalue weighted by molar-refractivity contribution is 5.63. The van der Waals surface area contributed by atoms with Gasteiger partial charge in [-0.05, 0) is 37.8 Å². The van der Waals surface area contributed by atoms with Crippen molar-refractivity contribution in [3.05, 3.63) is 36.0 Å². The second-order valence-corrected chi connectivity index (χ2v) is 5.67. The lowest BCUT2D eigenvalue weighted by atomic mass is 10.0. The molecule has 118 valence electrons. The number of hydrogen-bond acceptors (Lipinski definition) is 6. The molecule has 6 heteroatoms. The fourth-order valence-electron chi connectivity index (χ4n) is 3.02. The van der Waals surface area contributed by atoms with Gasteiger partial charge in [0.15, 0.2) is 5.82 Å². The first-order valence-electron chi connectivity index (χ1n) is 8.04. The van der Waals surface area contributed by atoms with Gasteiger partial charge in [0.1, 0.15) is 6.07 Å². The number of anilines is 3. The number of benzene rings is 1. The van der Waals surface area contributed by atoms with E-state index >= 15 is 0 Å². The maximum absolute atomic E-state index is 9.17. The third-order valence-corrected chi connectivity index (χ3v) is 4.23. The molecule has 1 saturated heterocycles. The molecule has 1 fully saturated rings. The molecule has 23 heavy (non-hydrogen) atoms. The van der Waals surface area contributed by atoms with Crippen LogP contribution in [0.2, 0.25) is 0 Å². The number of piperidine rings is 1. The van der Waals surface area contributed by atoms with Crippen LogP contribution >= 0.6 is 0 Å². The molecule has 0 spiro atoms. The molecule has 3 rings (SSSR count). The first-order chi connectivity index (χ1) is 11.3. The number of nitrogens with one attached hydrogen (secondary N) is 1. The second-order valence-electron chi connectivity index (χ2n) is 5.67. The zero-order valence-electron chi connectivity index (χ0n) is 13.2. The Hall–Kier alpha value is -2.68. The van der Waals surface area contributed by atoms with Gasteiger partial charge in [0.05, 0.1) is 17.4 Å². The van der Waals surface area contributed by atoms with Crippen LogP contribution in [0.3, 0.4) is 0 Å². The second kappa shape index (κ2) is 7.05. The molecule has 1 N–H and O–H groups in total. The predicted molar refractivity (Wildman–Crippen MR) is 89.5 cm³/mol. The molecular formula is C17H20N6. The minimum absolute atomic E-state index is 0.422. The van der Waals surface area contributed by atoms with Gasteiger partial charge in [-0.25, -0.2) is 0 Å². The van der Waals surface area contributed by atoms with Gasteiger partial charge in [0.25, 0.3) is 0 Å². The van der Waals surface area contributed by atoms with Crippen molar-refractivity contribution in [3.63, 3.8) is 0 Å². The Balaban J connectivity index is 1.84. The van der Waals surface area contributed by atoms with Crippen molar-refractivity contribution in [1.29, 1.82) is 5.26 Å². The molecule has 0 saturated carbocycles. The molecule has 2 heterocycles. The highest BCUT2D eigenvalue weighted by Gasteiger charge is 2.22. The summed E-state index contributed by atoms with van der Waals surface area (Å²) < 4.78 is 0. The summed E-state index contributed by atoms with van der Waals surface area (Å²) in [5.74, 6) is 1.27. The highest BCUT2D eigenvalue weighted by atomic mass is 15.3. The molecule has 1 aliphatic rings. The van der Waals surface area contributed by atoms with E-state index in [2.05, 4.69) is 38.4 Å². The lowest BCUT2D eigenvalue weighted by Gasteiger charge is -2.35. The van der Waals surface area contributed by atoms with Gasteiger partial charge >= 0.3 is 0 Å². The third-order valence-electron chi connectivity index (χ3n) is 4.23. The van der Waals surface area contributed by atoms with Gasteiger partial charge in [0.2, 0.25) is 5.95 Å². The van der Waals surface area contributed by atoms with Crippen molar-refractivity contribution < 1.29 is 0 Å². The maximum atomic E-state index is 9.17. The Morgan fingerprint density at radius 3 is 3.04 bits per heavy atom. The van der Waals surface area contributed by atoms with Crippen molar-refractivity contribution in [2.75, 3.05) is 16.8 Å². The van der Waals surface area contributed by atoms with Crippen LogP contribution in [0.1, 0.15) is 38.2 Å². The molecule has 1 atom stereocenters. The molecule has 1 aromatic carbocycles. The van der Waals surface area contributed by atoms with Gasteiger partial charge in [-0.3, -0.25) is 0 Å². The van der Waals surface area contributed by atoms with E-state index in [0.717, 1.165) is 18.8 Å². The van der Waals surface area contributed by atoms with E-state index in [4.69, 9.17) is 5.26 Å². The van der Waals surface area contributed by atoms with E-state index in [1.807, 2.05) is 18.2 Å². The van der Waals surface area contributed by atoms with E-state index in [1.54, 1.807) is 12.3 Å². The fraction of sp³-hybridized carbons (Fsp3) is 0.412. The molecule has 0 bridgehead atoms. The van der Waals surface area contributed by atoms with Crippen LogP contribution < -0.4 is 10.2 Å². The number of aromatic nitrogens is 3. The summed E-state index contributed by atoms with van der Waals surface area (Å²) in [5, 5.41) is 20.4. The zero-order valence-corrected chi connectivity index (χ0v) is 13.2. The molecule has 0 radical (unpaired) electrons. The summed E-state index contributed by atoms with van der Waals surface area (Å²) >= 11 is 0. The normalized spacial score (nSPS) is 17.6. The van der Waals surface area contributed by atoms with Crippen LogP contribution in [-0.2, 0) is 0 Å². The zero-order chi connectivity index (χ0) is 16.1. The summed E-state index contributed by atoms with van der Waals surface area (Å²) in [4.78, 5) is 6.92. The molecular weight excluding hydrogens is 288 g/mol. The average molecular weight is 308 g/mol. The van der Waals surface area contributed by atoms with E-state index in [1.165, 1.54) is 19.3 Å². The number of nitriles is 1. The highest BCUT2D eigenvalue weighted by Crippen LogP contribution is 2.25. The van der Waals surface area contributed by atoms with Gasteiger partial charge in [-0.1, -0.05) is 19.1 Å². The monoisotopic (exact) mass is 308 g/mol. The third kappa shape index (κ3) is 3.39. The first kappa shape index (κ1) is 15.2. The van der Waals surface area contributed by atoms with Crippen molar-refractivity contribution in [2.45, 2.75) is 38.6 Å². The largest absolute Gasteiger partial charge is 0.352 e. The van der Waals surface area contributed by atoms with Crippen LogP contribution in [0.25, 0.3) is 0 Å². The molecule has 1 unspecified atom stereocenters. The lowest BCUT2D eigenvalue weighted by molar-refractivity contribution is 0.446. The minimum Gasteiger partial charge on any atom is -0.352 e. The van der Waals surface area contributed by atoms with Crippen LogP contribution in [-0.4, -0.2) is 27.8 Å². The Morgan fingerprint density at radius 2 is 2.22 bits per heavy atom. The number of rotatable bonds is 4. The Morgan fingerprint density at radius 1 is 1.35 bits per heavy atom. The Labute approximate surface area is 136 Å². The summed E-state index contributed by atoms with van der Waals surface area (Å²) in [7, 11) is 0. The van der Waals surface area contributed by atoms with E-state index in [9.17, 15) is 0 Å². The van der Waals surface area contributed by atoms with Gasteiger partial charge in [-0.15, -0.1) is 5.10 Å². The minimum atomic E-state index is 0.422. The lowest BCUT2D eigenvalue weighted by Crippen LogP contribution is -2.39. The summed E-state index contributed by atoms with van der Waals surface area (Å²) in [6.07, 6.45) is 6.47. The fourth-order valence-corrected chi connectivity index (χ4v) is 3.02.